The highest BCUT2D eigenvalue weighted by molar-refractivity contribution is 6.33. The number of hydrogen-bond donors (Lipinski definition) is 2. The maximum atomic E-state index is 10.7. The molecule has 20 heavy (non-hydrogen) atoms. The van der Waals surface area contributed by atoms with Crippen LogP contribution in [-0.2, 0) is 4.79 Å². The lowest BCUT2D eigenvalue weighted by atomic mass is 10.0. The van der Waals surface area contributed by atoms with Crippen molar-refractivity contribution < 1.29 is 9.90 Å². The smallest absolute Gasteiger partial charge is 0.306 e. The number of anilines is 1. The topological polar surface area (TPSA) is 73.1 Å². The van der Waals surface area contributed by atoms with Crippen molar-refractivity contribution in [2.75, 3.05) is 5.32 Å². The van der Waals surface area contributed by atoms with Gasteiger partial charge in [-0.15, -0.1) is 0 Å². The van der Waals surface area contributed by atoms with Crippen LogP contribution in [0.5, 0.6) is 0 Å². The van der Waals surface area contributed by atoms with E-state index in [0.717, 1.165) is 18.5 Å². The summed E-state index contributed by atoms with van der Waals surface area (Å²) in [4.78, 5) is 10.7. The lowest BCUT2D eigenvalue weighted by molar-refractivity contribution is -0.141. The van der Waals surface area contributed by atoms with Crippen molar-refractivity contribution in [2.45, 2.75) is 39.2 Å². The number of halogens is 1. The molecule has 0 saturated heterocycles. The Labute approximate surface area is 124 Å². The Balaban J connectivity index is 2.45. The van der Waals surface area contributed by atoms with E-state index >= 15 is 0 Å². The van der Waals surface area contributed by atoms with Crippen LogP contribution in [-0.4, -0.2) is 17.1 Å². The van der Waals surface area contributed by atoms with Gasteiger partial charge in [-0.05, 0) is 38.0 Å². The van der Waals surface area contributed by atoms with Crippen LogP contribution in [0.4, 0.5) is 5.69 Å². The number of carboxylic acid groups (broad SMARTS) is 1. The predicted molar refractivity (Wildman–Crippen MR) is 79.9 cm³/mol. The molecule has 1 aromatic rings. The lowest BCUT2D eigenvalue weighted by Gasteiger charge is -2.17. The molecule has 1 aromatic carbocycles. The first-order valence-electron chi connectivity index (χ1n) is 6.63. The zero-order valence-electron chi connectivity index (χ0n) is 11.7. The van der Waals surface area contributed by atoms with Crippen molar-refractivity contribution in [2.24, 2.45) is 5.92 Å². The SMILES string of the molecule is CC(CCCC(C)C(=O)O)Nc1ccc(C#N)cc1Cl. The Kier molecular flexibility index (Phi) is 6.33. The van der Waals surface area contributed by atoms with Crippen LogP contribution < -0.4 is 5.32 Å². The summed E-state index contributed by atoms with van der Waals surface area (Å²) in [5, 5.41) is 21.4. The lowest BCUT2D eigenvalue weighted by Crippen LogP contribution is -2.16. The predicted octanol–water partition coefficient (Wildman–Crippen LogP) is 3.90. The summed E-state index contributed by atoms with van der Waals surface area (Å²) in [5.41, 5.74) is 1.33. The van der Waals surface area contributed by atoms with Gasteiger partial charge < -0.3 is 10.4 Å². The van der Waals surface area contributed by atoms with Crippen molar-refractivity contribution in [3.63, 3.8) is 0 Å². The number of benzene rings is 1. The van der Waals surface area contributed by atoms with E-state index in [1.54, 1.807) is 25.1 Å². The number of aliphatic carboxylic acids is 1. The third-order valence-corrected chi connectivity index (χ3v) is 3.51. The van der Waals surface area contributed by atoms with Crippen LogP contribution in [0, 0.1) is 17.2 Å². The normalized spacial score (nSPS) is 13.3. The summed E-state index contributed by atoms with van der Waals surface area (Å²) in [6.07, 6.45) is 2.38. The zero-order chi connectivity index (χ0) is 15.1. The maximum absolute atomic E-state index is 10.7. The van der Waals surface area contributed by atoms with Gasteiger partial charge in [0.1, 0.15) is 0 Å². The third-order valence-electron chi connectivity index (χ3n) is 3.20. The number of carboxylic acids is 1. The van der Waals surface area contributed by atoms with Crippen LogP contribution >= 0.6 is 11.6 Å². The second-order valence-corrected chi connectivity index (χ2v) is 5.43. The molecule has 0 aliphatic heterocycles. The molecule has 108 valence electrons. The number of nitrogens with zero attached hydrogens (tertiary/aromatic N) is 1. The van der Waals surface area contributed by atoms with Gasteiger partial charge in [0.2, 0.25) is 0 Å². The quantitative estimate of drug-likeness (QED) is 0.800. The summed E-state index contributed by atoms with van der Waals surface area (Å²) < 4.78 is 0. The Hall–Kier alpha value is -1.73. The molecule has 0 fully saturated rings. The number of hydrogen-bond acceptors (Lipinski definition) is 3. The summed E-state index contributed by atoms with van der Waals surface area (Å²) in [6, 6.07) is 7.37. The minimum atomic E-state index is -0.749. The van der Waals surface area contributed by atoms with Gasteiger partial charge in [-0.3, -0.25) is 4.79 Å². The van der Waals surface area contributed by atoms with Crippen LogP contribution in [0.1, 0.15) is 38.7 Å². The van der Waals surface area contributed by atoms with Gasteiger partial charge >= 0.3 is 5.97 Å². The molecule has 0 saturated carbocycles. The van der Waals surface area contributed by atoms with Gasteiger partial charge in [-0.2, -0.15) is 5.26 Å². The van der Waals surface area contributed by atoms with E-state index in [1.807, 2.05) is 13.0 Å². The molecule has 2 N–H and O–H groups in total. The Morgan fingerprint density at radius 1 is 1.45 bits per heavy atom. The maximum Gasteiger partial charge on any atom is 0.306 e. The Morgan fingerprint density at radius 3 is 2.70 bits per heavy atom. The van der Waals surface area contributed by atoms with E-state index in [2.05, 4.69) is 5.32 Å². The highest BCUT2D eigenvalue weighted by Gasteiger charge is 2.11. The Morgan fingerprint density at radius 2 is 2.15 bits per heavy atom. The molecule has 4 nitrogen and oxygen atoms in total. The summed E-state index contributed by atoms with van der Waals surface area (Å²) in [6.45, 7) is 3.75. The van der Waals surface area contributed by atoms with E-state index in [-0.39, 0.29) is 12.0 Å². The summed E-state index contributed by atoms with van der Waals surface area (Å²) in [7, 11) is 0. The van der Waals surface area contributed by atoms with E-state index in [4.69, 9.17) is 22.0 Å². The third kappa shape index (κ3) is 5.10. The molecule has 0 aliphatic carbocycles. The van der Waals surface area contributed by atoms with Gasteiger partial charge in [0.15, 0.2) is 0 Å². The van der Waals surface area contributed by atoms with Crippen molar-refractivity contribution in [1.29, 1.82) is 5.26 Å². The molecule has 0 aliphatic rings. The van der Waals surface area contributed by atoms with Crippen molar-refractivity contribution >= 4 is 23.3 Å². The number of carbonyl (C=O) groups is 1. The monoisotopic (exact) mass is 294 g/mol. The molecule has 2 atom stereocenters. The molecule has 0 spiro atoms. The summed E-state index contributed by atoms with van der Waals surface area (Å²) in [5.74, 6) is -1.05. The molecule has 0 bridgehead atoms. The van der Waals surface area contributed by atoms with Crippen LogP contribution in [0.2, 0.25) is 5.02 Å². The van der Waals surface area contributed by atoms with Crippen LogP contribution in [0.15, 0.2) is 18.2 Å². The largest absolute Gasteiger partial charge is 0.481 e. The fourth-order valence-corrected chi connectivity index (χ4v) is 2.13. The van der Waals surface area contributed by atoms with E-state index in [0.29, 0.717) is 17.0 Å². The molecule has 0 heterocycles. The Bertz CT molecular complexity index is 511. The average molecular weight is 295 g/mol. The number of nitrogens with one attached hydrogen (secondary N) is 1. The standard InChI is InChI=1S/C15H19ClN2O2/c1-10(15(19)20)4-3-5-11(2)18-14-7-6-12(9-17)8-13(14)16/h6-8,10-11,18H,3-5H2,1-2H3,(H,19,20). The molecule has 0 amide bonds. The molecule has 5 heteroatoms. The van der Waals surface area contributed by atoms with E-state index in [1.165, 1.54) is 0 Å². The van der Waals surface area contributed by atoms with Crippen LogP contribution in [0.25, 0.3) is 0 Å². The number of rotatable bonds is 7. The number of nitriles is 1. The molecule has 0 aromatic heterocycles. The van der Waals surface area contributed by atoms with Crippen molar-refractivity contribution in [1.82, 2.24) is 0 Å². The van der Waals surface area contributed by atoms with E-state index in [9.17, 15) is 4.79 Å². The molecular weight excluding hydrogens is 276 g/mol. The first-order valence-corrected chi connectivity index (χ1v) is 7.00. The zero-order valence-corrected chi connectivity index (χ0v) is 12.4. The highest BCUT2D eigenvalue weighted by atomic mass is 35.5. The summed E-state index contributed by atoms with van der Waals surface area (Å²) >= 11 is 6.09. The van der Waals surface area contributed by atoms with Crippen molar-refractivity contribution in [3.8, 4) is 6.07 Å². The molecular formula is C15H19ClN2O2. The van der Waals surface area contributed by atoms with Gasteiger partial charge in [0.25, 0.3) is 0 Å². The first-order chi connectivity index (χ1) is 9.43. The van der Waals surface area contributed by atoms with Gasteiger partial charge in [0.05, 0.1) is 28.3 Å². The fourth-order valence-electron chi connectivity index (χ4n) is 1.89. The van der Waals surface area contributed by atoms with Crippen molar-refractivity contribution in [3.05, 3.63) is 28.8 Å². The van der Waals surface area contributed by atoms with E-state index < -0.39 is 5.97 Å². The second-order valence-electron chi connectivity index (χ2n) is 5.02. The minimum absolute atomic E-state index is 0.196. The average Bonchev–Trinajstić information content (AvgIpc) is 2.40. The van der Waals surface area contributed by atoms with Gasteiger partial charge in [-0.1, -0.05) is 24.9 Å². The second kappa shape index (κ2) is 7.76. The molecule has 0 radical (unpaired) electrons. The van der Waals surface area contributed by atoms with Crippen LogP contribution in [0.3, 0.4) is 0 Å². The fraction of sp³-hybridized carbons (Fsp3) is 0.467. The molecule has 1 rings (SSSR count). The first kappa shape index (κ1) is 16.3. The van der Waals surface area contributed by atoms with Gasteiger partial charge in [-0.25, -0.2) is 0 Å². The molecule has 2 unspecified atom stereocenters. The minimum Gasteiger partial charge on any atom is -0.481 e. The highest BCUT2D eigenvalue weighted by Crippen LogP contribution is 2.24. The van der Waals surface area contributed by atoms with Gasteiger partial charge in [0, 0.05) is 6.04 Å².